The van der Waals surface area contributed by atoms with Crippen molar-refractivity contribution < 1.29 is 8.42 Å². The lowest BCUT2D eigenvalue weighted by atomic mass is 9.96. The van der Waals surface area contributed by atoms with Crippen LogP contribution in [0.3, 0.4) is 0 Å². The normalized spacial score (nSPS) is 18.2. The van der Waals surface area contributed by atoms with Crippen molar-refractivity contribution in [1.82, 2.24) is 4.72 Å². The van der Waals surface area contributed by atoms with E-state index < -0.39 is 10.0 Å². The van der Waals surface area contributed by atoms with E-state index in [9.17, 15) is 8.42 Å². The highest BCUT2D eigenvalue weighted by molar-refractivity contribution is 7.89. The van der Waals surface area contributed by atoms with Crippen LogP contribution >= 0.6 is 0 Å². The molecule has 0 saturated heterocycles. The van der Waals surface area contributed by atoms with Gasteiger partial charge in [0.2, 0.25) is 10.0 Å². The third-order valence-corrected chi connectivity index (χ3v) is 4.99. The molecule has 0 spiro atoms. The van der Waals surface area contributed by atoms with E-state index in [1.807, 2.05) is 19.1 Å². The van der Waals surface area contributed by atoms with Gasteiger partial charge in [-0.1, -0.05) is 37.5 Å². The van der Waals surface area contributed by atoms with Crippen molar-refractivity contribution in [1.29, 1.82) is 0 Å². The lowest BCUT2D eigenvalue weighted by molar-refractivity contribution is 0.412. The van der Waals surface area contributed by atoms with Crippen molar-refractivity contribution in [3.05, 3.63) is 29.8 Å². The van der Waals surface area contributed by atoms with Crippen LogP contribution in [0.1, 0.15) is 37.7 Å². The predicted molar refractivity (Wildman–Crippen MR) is 68.4 cm³/mol. The van der Waals surface area contributed by atoms with Crippen molar-refractivity contribution in [2.24, 2.45) is 0 Å². The molecule has 0 heterocycles. The molecule has 1 aliphatic rings. The third kappa shape index (κ3) is 3.07. The molecule has 17 heavy (non-hydrogen) atoms. The Bertz CT molecular complexity index is 476. The molecule has 0 atom stereocenters. The number of benzene rings is 1. The fourth-order valence-corrected chi connectivity index (χ4v) is 3.91. The summed E-state index contributed by atoms with van der Waals surface area (Å²) >= 11 is 0. The van der Waals surface area contributed by atoms with E-state index in [1.54, 1.807) is 12.1 Å². The van der Waals surface area contributed by atoms with Crippen molar-refractivity contribution >= 4 is 10.0 Å². The Balaban J connectivity index is 2.16. The minimum Gasteiger partial charge on any atom is -0.208 e. The monoisotopic (exact) mass is 253 g/mol. The number of nitrogens with one attached hydrogen (secondary N) is 1. The van der Waals surface area contributed by atoms with Gasteiger partial charge in [-0.05, 0) is 31.4 Å². The summed E-state index contributed by atoms with van der Waals surface area (Å²) in [5.41, 5.74) is 0.802. The number of sulfonamides is 1. The summed E-state index contributed by atoms with van der Waals surface area (Å²) in [5.74, 6) is 0. The zero-order valence-corrected chi connectivity index (χ0v) is 11.0. The zero-order valence-electron chi connectivity index (χ0n) is 10.1. The van der Waals surface area contributed by atoms with Gasteiger partial charge in [-0.25, -0.2) is 13.1 Å². The van der Waals surface area contributed by atoms with E-state index in [2.05, 4.69) is 4.72 Å². The van der Waals surface area contributed by atoms with E-state index in [-0.39, 0.29) is 6.04 Å². The van der Waals surface area contributed by atoms with Crippen molar-refractivity contribution in [2.75, 3.05) is 0 Å². The molecule has 94 valence electrons. The second kappa shape index (κ2) is 5.19. The first-order chi connectivity index (χ1) is 8.09. The summed E-state index contributed by atoms with van der Waals surface area (Å²) in [7, 11) is -3.34. The van der Waals surface area contributed by atoms with Crippen LogP contribution in [0.4, 0.5) is 0 Å². The summed E-state index contributed by atoms with van der Waals surface area (Å²) in [6.07, 6.45) is 5.40. The minimum atomic E-state index is -3.34. The summed E-state index contributed by atoms with van der Waals surface area (Å²) in [6.45, 7) is 1.83. The van der Waals surface area contributed by atoms with E-state index in [0.29, 0.717) is 4.90 Å². The van der Waals surface area contributed by atoms with Crippen LogP contribution in [0.5, 0.6) is 0 Å². The van der Waals surface area contributed by atoms with E-state index in [4.69, 9.17) is 0 Å². The summed E-state index contributed by atoms with van der Waals surface area (Å²) in [5, 5.41) is 0. The molecule has 1 saturated carbocycles. The van der Waals surface area contributed by atoms with Crippen molar-refractivity contribution in [3.63, 3.8) is 0 Å². The van der Waals surface area contributed by atoms with Crippen molar-refractivity contribution in [3.8, 4) is 0 Å². The van der Waals surface area contributed by atoms with Gasteiger partial charge in [-0.2, -0.15) is 0 Å². The minimum absolute atomic E-state index is 0.119. The topological polar surface area (TPSA) is 46.2 Å². The highest BCUT2D eigenvalue weighted by atomic mass is 32.2. The summed E-state index contributed by atoms with van der Waals surface area (Å²) in [4.78, 5) is 0.408. The number of hydrogen-bond donors (Lipinski definition) is 1. The quantitative estimate of drug-likeness (QED) is 0.900. The van der Waals surface area contributed by atoms with Crippen LogP contribution in [-0.2, 0) is 10.0 Å². The molecular weight excluding hydrogens is 234 g/mol. The van der Waals surface area contributed by atoms with Crippen LogP contribution in [-0.4, -0.2) is 14.5 Å². The van der Waals surface area contributed by atoms with Gasteiger partial charge in [0.25, 0.3) is 0 Å². The highest BCUT2D eigenvalue weighted by Crippen LogP contribution is 2.21. The Morgan fingerprint density at radius 1 is 1.12 bits per heavy atom. The molecule has 4 heteroatoms. The molecule has 1 fully saturated rings. The lowest BCUT2D eigenvalue weighted by Gasteiger charge is -2.23. The van der Waals surface area contributed by atoms with Gasteiger partial charge in [0, 0.05) is 6.04 Å². The van der Waals surface area contributed by atoms with Gasteiger partial charge in [0.15, 0.2) is 0 Å². The largest absolute Gasteiger partial charge is 0.241 e. The fraction of sp³-hybridized carbons (Fsp3) is 0.538. The first-order valence-electron chi connectivity index (χ1n) is 6.17. The average molecular weight is 253 g/mol. The van der Waals surface area contributed by atoms with E-state index in [0.717, 1.165) is 31.2 Å². The second-order valence-corrected chi connectivity index (χ2v) is 6.40. The Kier molecular flexibility index (Phi) is 3.84. The fourth-order valence-electron chi connectivity index (χ4n) is 2.36. The van der Waals surface area contributed by atoms with Crippen LogP contribution in [0.25, 0.3) is 0 Å². The Morgan fingerprint density at radius 2 is 1.76 bits per heavy atom. The Hall–Kier alpha value is -0.870. The maximum absolute atomic E-state index is 12.2. The van der Waals surface area contributed by atoms with Gasteiger partial charge in [-0.15, -0.1) is 0 Å². The maximum atomic E-state index is 12.2. The molecule has 0 unspecified atom stereocenters. The maximum Gasteiger partial charge on any atom is 0.241 e. The molecule has 2 rings (SSSR count). The molecule has 0 aliphatic heterocycles. The molecule has 0 bridgehead atoms. The van der Waals surface area contributed by atoms with E-state index >= 15 is 0 Å². The second-order valence-electron chi connectivity index (χ2n) is 4.72. The smallest absolute Gasteiger partial charge is 0.208 e. The third-order valence-electron chi connectivity index (χ3n) is 3.31. The SMILES string of the molecule is Cc1ccccc1S(=O)(=O)NC1CCCCC1. The van der Waals surface area contributed by atoms with Gasteiger partial charge in [-0.3, -0.25) is 0 Å². The molecule has 1 N–H and O–H groups in total. The number of hydrogen-bond acceptors (Lipinski definition) is 2. The van der Waals surface area contributed by atoms with Crippen LogP contribution in [0.2, 0.25) is 0 Å². The lowest BCUT2D eigenvalue weighted by Crippen LogP contribution is -2.36. The van der Waals surface area contributed by atoms with Gasteiger partial charge in [0.05, 0.1) is 4.90 Å². The number of aryl methyl sites for hydroxylation is 1. The Morgan fingerprint density at radius 3 is 2.41 bits per heavy atom. The van der Waals surface area contributed by atoms with Crippen LogP contribution in [0, 0.1) is 6.92 Å². The predicted octanol–water partition coefficient (Wildman–Crippen LogP) is 2.61. The molecule has 0 amide bonds. The standard InChI is InChI=1S/C13H19NO2S/c1-11-7-5-6-10-13(11)17(15,16)14-12-8-3-2-4-9-12/h5-7,10,12,14H,2-4,8-9H2,1H3. The first kappa shape index (κ1) is 12.6. The van der Waals surface area contributed by atoms with Gasteiger partial charge < -0.3 is 0 Å². The molecule has 0 radical (unpaired) electrons. The van der Waals surface area contributed by atoms with E-state index in [1.165, 1.54) is 6.42 Å². The highest BCUT2D eigenvalue weighted by Gasteiger charge is 2.22. The molecule has 1 aromatic carbocycles. The zero-order chi connectivity index (χ0) is 12.3. The summed E-state index contributed by atoms with van der Waals surface area (Å²) in [6, 6.07) is 7.24. The first-order valence-corrected chi connectivity index (χ1v) is 7.66. The van der Waals surface area contributed by atoms with Crippen molar-refractivity contribution in [2.45, 2.75) is 50.0 Å². The Labute approximate surface area is 103 Å². The molecule has 1 aromatic rings. The van der Waals surface area contributed by atoms with Crippen LogP contribution < -0.4 is 4.72 Å². The van der Waals surface area contributed by atoms with Gasteiger partial charge >= 0.3 is 0 Å². The number of rotatable bonds is 3. The molecule has 1 aliphatic carbocycles. The average Bonchev–Trinajstić information content (AvgIpc) is 2.30. The molecule has 3 nitrogen and oxygen atoms in total. The molecule has 0 aromatic heterocycles. The van der Waals surface area contributed by atoms with Crippen LogP contribution in [0.15, 0.2) is 29.2 Å². The molecular formula is C13H19NO2S. The summed E-state index contributed by atoms with van der Waals surface area (Å²) < 4.78 is 27.2. The van der Waals surface area contributed by atoms with Gasteiger partial charge in [0.1, 0.15) is 0 Å².